The summed E-state index contributed by atoms with van der Waals surface area (Å²) in [4.78, 5) is 23.0. The Hall–Kier alpha value is -3.06. The van der Waals surface area contributed by atoms with Gasteiger partial charge in [0, 0.05) is 0 Å². The normalized spacial score (nSPS) is 15.3. The van der Waals surface area contributed by atoms with E-state index in [9.17, 15) is 9.59 Å². The van der Waals surface area contributed by atoms with Crippen molar-refractivity contribution in [2.75, 3.05) is 0 Å². The summed E-state index contributed by atoms with van der Waals surface area (Å²) in [5, 5.41) is 19.0. The van der Waals surface area contributed by atoms with Crippen molar-refractivity contribution in [3.63, 3.8) is 0 Å². The molecule has 2 aromatic rings. The molecule has 3 N–H and O–H groups in total. The fraction of sp³-hybridized carbons (Fsp3) is 0.0556. The molecule has 6 nitrogen and oxygen atoms in total. The van der Waals surface area contributed by atoms with Crippen LogP contribution in [-0.2, 0) is 11.4 Å². The van der Waals surface area contributed by atoms with Crippen LogP contribution in [0.25, 0.3) is 6.08 Å². The highest BCUT2D eigenvalue weighted by molar-refractivity contribution is 8.18. The number of amides is 1. The molecule has 1 heterocycles. The third-order valence-electron chi connectivity index (χ3n) is 3.42. The van der Waals surface area contributed by atoms with Crippen LogP contribution in [0.4, 0.5) is 0 Å². The molecule has 0 saturated carbocycles. The fourth-order valence-electron chi connectivity index (χ4n) is 2.21. The lowest BCUT2D eigenvalue weighted by atomic mass is 10.1. The Bertz CT molecular complexity index is 875. The first-order valence-electron chi connectivity index (χ1n) is 7.36. The Morgan fingerprint density at radius 3 is 2.64 bits per heavy atom. The van der Waals surface area contributed by atoms with E-state index in [1.54, 1.807) is 36.4 Å². The monoisotopic (exact) mass is 354 g/mol. The van der Waals surface area contributed by atoms with E-state index in [1.165, 1.54) is 6.07 Å². The highest BCUT2D eigenvalue weighted by atomic mass is 32.2. The smallest absolute Gasteiger partial charge is 0.335 e. The van der Waals surface area contributed by atoms with Crippen molar-refractivity contribution in [1.29, 1.82) is 5.41 Å². The van der Waals surface area contributed by atoms with Crippen molar-refractivity contribution in [3.05, 3.63) is 70.1 Å². The maximum absolute atomic E-state index is 11.6. The van der Waals surface area contributed by atoms with Crippen LogP contribution < -0.4 is 10.1 Å². The number of hydrogen-bond donors (Lipinski definition) is 3. The number of thioether (sulfide) groups is 1. The second kappa shape index (κ2) is 7.23. The maximum atomic E-state index is 11.6. The van der Waals surface area contributed by atoms with E-state index in [2.05, 4.69) is 5.32 Å². The summed E-state index contributed by atoms with van der Waals surface area (Å²) >= 11 is 1.09. The van der Waals surface area contributed by atoms with Crippen LogP contribution in [0.1, 0.15) is 21.5 Å². The zero-order valence-electron chi connectivity index (χ0n) is 13.0. The third-order valence-corrected chi connectivity index (χ3v) is 4.25. The fourth-order valence-corrected chi connectivity index (χ4v) is 2.92. The number of carbonyl (C=O) groups is 2. The number of carbonyl (C=O) groups excluding carboxylic acids is 1. The van der Waals surface area contributed by atoms with Crippen LogP contribution >= 0.6 is 11.8 Å². The van der Waals surface area contributed by atoms with E-state index in [-0.39, 0.29) is 23.2 Å². The SMILES string of the molecule is N=C1NC(=O)C(=Cc2ccc(OCc3cccc(C(=O)O)c3)cc2)S1. The molecule has 1 aliphatic rings. The van der Waals surface area contributed by atoms with Gasteiger partial charge in [-0.1, -0.05) is 24.3 Å². The number of nitrogens with one attached hydrogen (secondary N) is 2. The number of rotatable bonds is 5. The maximum Gasteiger partial charge on any atom is 0.335 e. The number of benzene rings is 2. The molecule has 126 valence electrons. The zero-order valence-corrected chi connectivity index (χ0v) is 13.8. The molecule has 0 radical (unpaired) electrons. The molecular weight excluding hydrogens is 340 g/mol. The number of aromatic carboxylic acids is 1. The molecule has 0 aromatic heterocycles. The minimum absolute atomic E-state index is 0.125. The standard InChI is InChI=1S/C18H14N2O4S/c19-18-20-16(21)15(25-18)9-11-4-6-14(7-5-11)24-10-12-2-1-3-13(8-12)17(22)23/h1-9H,10H2,(H,22,23)(H2,19,20,21). The molecule has 1 saturated heterocycles. The van der Waals surface area contributed by atoms with Gasteiger partial charge in [0.15, 0.2) is 5.17 Å². The predicted octanol–water partition coefficient (Wildman–Crippen LogP) is 3.10. The van der Waals surface area contributed by atoms with Gasteiger partial charge in [0.1, 0.15) is 12.4 Å². The Morgan fingerprint density at radius 2 is 2.00 bits per heavy atom. The lowest BCUT2D eigenvalue weighted by molar-refractivity contribution is -0.115. The van der Waals surface area contributed by atoms with E-state index >= 15 is 0 Å². The first-order chi connectivity index (χ1) is 12.0. The number of hydrogen-bond acceptors (Lipinski definition) is 5. The second-order valence-corrected chi connectivity index (χ2v) is 6.31. The first-order valence-corrected chi connectivity index (χ1v) is 8.17. The third kappa shape index (κ3) is 4.27. The van der Waals surface area contributed by atoms with E-state index < -0.39 is 5.97 Å². The zero-order chi connectivity index (χ0) is 17.8. The van der Waals surface area contributed by atoms with E-state index in [1.807, 2.05) is 12.1 Å². The molecule has 1 fully saturated rings. The molecule has 0 spiro atoms. The van der Waals surface area contributed by atoms with Crippen LogP contribution in [0.3, 0.4) is 0 Å². The number of carboxylic acids is 1. The molecule has 7 heteroatoms. The minimum atomic E-state index is -0.971. The number of amidine groups is 1. The van der Waals surface area contributed by atoms with E-state index in [0.29, 0.717) is 10.7 Å². The van der Waals surface area contributed by atoms with Crippen LogP contribution in [0, 0.1) is 5.41 Å². The predicted molar refractivity (Wildman–Crippen MR) is 95.6 cm³/mol. The topological polar surface area (TPSA) is 99.5 Å². The van der Waals surface area contributed by atoms with Crippen molar-refractivity contribution in [2.45, 2.75) is 6.61 Å². The van der Waals surface area contributed by atoms with Crippen LogP contribution in [0.2, 0.25) is 0 Å². The summed E-state index contributed by atoms with van der Waals surface area (Å²) in [5.41, 5.74) is 1.82. The molecule has 0 bridgehead atoms. The Morgan fingerprint density at radius 1 is 1.24 bits per heavy atom. The Labute approximate surface area is 148 Å². The quantitative estimate of drug-likeness (QED) is 0.717. The Kier molecular flexibility index (Phi) is 4.85. The summed E-state index contributed by atoms with van der Waals surface area (Å²) in [5.74, 6) is -0.603. The van der Waals surface area contributed by atoms with Crippen molar-refractivity contribution in [2.24, 2.45) is 0 Å². The lowest BCUT2D eigenvalue weighted by Gasteiger charge is -2.07. The van der Waals surface area contributed by atoms with Crippen LogP contribution in [-0.4, -0.2) is 22.2 Å². The van der Waals surface area contributed by atoms with Gasteiger partial charge in [0.05, 0.1) is 10.5 Å². The summed E-state index contributed by atoms with van der Waals surface area (Å²) in [6.07, 6.45) is 1.71. The molecule has 3 rings (SSSR count). The van der Waals surface area contributed by atoms with Gasteiger partial charge < -0.3 is 15.2 Å². The van der Waals surface area contributed by atoms with Crippen molar-refractivity contribution < 1.29 is 19.4 Å². The summed E-state index contributed by atoms with van der Waals surface area (Å²) < 4.78 is 5.66. The summed E-state index contributed by atoms with van der Waals surface area (Å²) in [6, 6.07) is 13.8. The van der Waals surface area contributed by atoms with Gasteiger partial charge in [-0.15, -0.1) is 0 Å². The van der Waals surface area contributed by atoms with Gasteiger partial charge >= 0.3 is 5.97 Å². The summed E-state index contributed by atoms with van der Waals surface area (Å²) in [7, 11) is 0. The number of ether oxygens (including phenoxy) is 1. The molecule has 0 aliphatic carbocycles. The van der Waals surface area contributed by atoms with Gasteiger partial charge in [0.2, 0.25) is 0 Å². The molecule has 1 amide bonds. The largest absolute Gasteiger partial charge is 0.489 e. The first kappa shape index (κ1) is 16.8. The van der Waals surface area contributed by atoms with E-state index in [4.69, 9.17) is 15.3 Å². The average Bonchev–Trinajstić information content (AvgIpc) is 2.92. The van der Waals surface area contributed by atoms with Crippen LogP contribution in [0.5, 0.6) is 5.75 Å². The molecular formula is C18H14N2O4S. The Balaban J connectivity index is 1.64. The van der Waals surface area contributed by atoms with Gasteiger partial charge in [-0.05, 0) is 53.2 Å². The van der Waals surface area contributed by atoms with Crippen molar-refractivity contribution in [3.8, 4) is 5.75 Å². The highest BCUT2D eigenvalue weighted by Crippen LogP contribution is 2.25. The van der Waals surface area contributed by atoms with Gasteiger partial charge in [-0.2, -0.15) is 0 Å². The lowest BCUT2D eigenvalue weighted by Crippen LogP contribution is -2.18. The highest BCUT2D eigenvalue weighted by Gasteiger charge is 2.21. The molecule has 25 heavy (non-hydrogen) atoms. The molecule has 0 atom stereocenters. The van der Waals surface area contributed by atoms with Crippen molar-refractivity contribution in [1.82, 2.24) is 5.32 Å². The molecule has 1 aliphatic heterocycles. The van der Waals surface area contributed by atoms with Crippen LogP contribution in [0.15, 0.2) is 53.4 Å². The van der Waals surface area contributed by atoms with Gasteiger partial charge in [0.25, 0.3) is 5.91 Å². The summed E-state index contributed by atoms with van der Waals surface area (Å²) in [6.45, 7) is 0.261. The number of carboxylic acid groups (broad SMARTS) is 1. The average molecular weight is 354 g/mol. The molecule has 0 unspecified atom stereocenters. The second-order valence-electron chi connectivity index (χ2n) is 5.26. The molecule has 2 aromatic carbocycles. The van der Waals surface area contributed by atoms with Gasteiger partial charge in [-0.3, -0.25) is 10.2 Å². The van der Waals surface area contributed by atoms with E-state index in [0.717, 1.165) is 22.9 Å². The van der Waals surface area contributed by atoms with Gasteiger partial charge in [-0.25, -0.2) is 4.79 Å². The minimum Gasteiger partial charge on any atom is -0.489 e. The van der Waals surface area contributed by atoms with Crippen molar-refractivity contribution >= 4 is 34.9 Å².